The minimum atomic E-state index is -3.21. The molecule has 0 aliphatic heterocycles. The van der Waals surface area contributed by atoms with Crippen LogP contribution in [0.2, 0.25) is 0 Å². The van der Waals surface area contributed by atoms with Gasteiger partial charge in [0, 0.05) is 6.54 Å². The fourth-order valence-corrected chi connectivity index (χ4v) is 3.16. The molecule has 1 atom stereocenters. The number of hydrogen-bond acceptors (Lipinski definition) is 4. The Bertz CT molecular complexity index is 400. The minimum absolute atomic E-state index is 0.00640. The van der Waals surface area contributed by atoms with Crippen LogP contribution in [0.15, 0.2) is 0 Å². The maximum atomic E-state index is 11.8. The first-order valence-electron chi connectivity index (χ1n) is 6.38. The molecular weight excluding hydrogens is 254 g/mol. The van der Waals surface area contributed by atoms with Gasteiger partial charge < -0.3 is 10.8 Å². The third-order valence-corrected chi connectivity index (χ3v) is 6.01. The van der Waals surface area contributed by atoms with Crippen LogP contribution in [0, 0.1) is 11.3 Å². The summed E-state index contributed by atoms with van der Waals surface area (Å²) in [5.74, 6) is -0.650. The van der Waals surface area contributed by atoms with E-state index in [4.69, 9.17) is 5.73 Å². The second-order valence-corrected chi connectivity index (χ2v) is 8.28. The van der Waals surface area contributed by atoms with E-state index in [1.807, 2.05) is 0 Å². The Morgan fingerprint density at radius 2 is 2.00 bits per heavy atom. The van der Waals surface area contributed by atoms with Crippen molar-refractivity contribution in [3.05, 3.63) is 0 Å². The molecule has 0 spiro atoms. The molecule has 6 heteroatoms. The van der Waals surface area contributed by atoms with Crippen LogP contribution in [0.1, 0.15) is 39.5 Å². The van der Waals surface area contributed by atoms with Crippen LogP contribution in [0.25, 0.3) is 0 Å². The summed E-state index contributed by atoms with van der Waals surface area (Å²) in [6, 6.07) is 0. The van der Waals surface area contributed by atoms with Crippen molar-refractivity contribution in [2.24, 2.45) is 17.1 Å². The van der Waals surface area contributed by atoms with Gasteiger partial charge in [-0.1, -0.05) is 12.8 Å². The van der Waals surface area contributed by atoms with Gasteiger partial charge in [0.15, 0.2) is 9.84 Å². The lowest BCUT2D eigenvalue weighted by Crippen LogP contribution is -2.41. The third kappa shape index (κ3) is 3.68. The van der Waals surface area contributed by atoms with E-state index in [2.05, 4.69) is 0 Å². The average molecular weight is 277 g/mol. The Kier molecular flexibility index (Phi) is 4.78. The van der Waals surface area contributed by atoms with Gasteiger partial charge in [0.1, 0.15) is 0 Å². The predicted molar refractivity (Wildman–Crippen MR) is 70.0 cm³/mol. The lowest BCUT2D eigenvalue weighted by Gasteiger charge is -2.28. The summed E-state index contributed by atoms with van der Waals surface area (Å²) in [7, 11) is -3.21. The molecule has 3 N–H and O–H groups in total. The van der Waals surface area contributed by atoms with Gasteiger partial charge in [0.2, 0.25) is 0 Å². The zero-order valence-electron chi connectivity index (χ0n) is 11.1. The molecule has 5 nitrogen and oxygen atoms in total. The van der Waals surface area contributed by atoms with Crippen molar-refractivity contribution in [1.29, 1.82) is 0 Å². The molecule has 1 aliphatic carbocycles. The fourth-order valence-electron chi connectivity index (χ4n) is 2.02. The summed E-state index contributed by atoms with van der Waals surface area (Å²) >= 11 is 0. The maximum absolute atomic E-state index is 11.8. The van der Waals surface area contributed by atoms with E-state index >= 15 is 0 Å². The topological polar surface area (TPSA) is 97.5 Å². The molecule has 0 aromatic rings. The van der Waals surface area contributed by atoms with E-state index in [-0.39, 0.29) is 18.7 Å². The molecule has 106 valence electrons. The molecular formula is C12H23NO4S. The van der Waals surface area contributed by atoms with Crippen LogP contribution in [-0.4, -0.2) is 37.0 Å². The van der Waals surface area contributed by atoms with E-state index in [0.29, 0.717) is 12.3 Å². The molecule has 1 rings (SSSR count). The van der Waals surface area contributed by atoms with Crippen molar-refractivity contribution < 1.29 is 18.3 Å². The summed E-state index contributed by atoms with van der Waals surface area (Å²) < 4.78 is 23.6. The molecule has 0 radical (unpaired) electrons. The fraction of sp³-hybridized carbons (Fsp3) is 0.917. The van der Waals surface area contributed by atoms with Gasteiger partial charge in [-0.3, -0.25) is 4.79 Å². The Morgan fingerprint density at radius 1 is 1.44 bits per heavy atom. The van der Waals surface area contributed by atoms with Gasteiger partial charge in [-0.2, -0.15) is 0 Å². The van der Waals surface area contributed by atoms with Gasteiger partial charge in [-0.15, -0.1) is 0 Å². The molecule has 0 aromatic carbocycles. The second-order valence-electron chi connectivity index (χ2n) is 5.60. The molecule has 1 unspecified atom stereocenters. The van der Waals surface area contributed by atoms with E-state index in [1.165, 1.54) is 0 Å². The summed E-state index contributed by atoms with van der Waals surface area (Å²) in [4.78, 5) is 11.4. The van der Waals surface area contributed by atoms with Crippen LogP contribution in [0.3, 0.4) is 0 Å². The highest BCUT2D eigenvalue weighted by molar-refractivity contribution is 7.91. The van der Waals surface area contributed by atoms with E-state index in [1.54, 1.807) is 13.8 Å². The number of aliphatic carboxylic acids is 1. The van der Waals surface area contributed by atoms with Crippen molar-refractivity contribution in [2.75, 3.05) is 12.3 Å². The van der Waals surface area contributed by atoms with Crippen molar-refractivity contribution in [3.8, 4) is 0 Å². The SMILES string of the molecule is CC(C)S(=O)(=O)CCC(CN)(CC1CC1)C(=O)O. The van der Waals surface area contributed by atoms with Crippen molar-refractivity contribution in [3.63, 3.8) is 0 Å². The second kappa shape index (κ2) is 5.57. The van der Waals surface area contributed by atoms with Crippen LogP contribution < -0.4 is 5.73 Å². The summed E-state index contributed by atoms with van der Waals surface area (Å²) in [5, 5.41) is 8.89. The molecule has 18 heavy (non-hydrogen) atoms. The number of carbonyl (C=O) groups is 1. The van der Waals surface area contributed by atoms with Crippen LogP contribution >= 0.6 is 0 Å². The Hall–Kier alpha value is -0.620. The summed E-state index contributed by atoms with van der Waals surface area (Å²) in [6.45, 7) is 3.23. The molecule has 1 saturated carbocycles. The summed E-state index contributed by atoms with van der Waals surface area (Å²) in [5.41, 5.74) is 4.55. The highest BCUT2D eigenvalue weighted by atomic mass is 32.2. The summed E-state index contributed by atoms with van der Waals surface area (Å²) in [6.07, 6.45) is 2.69. The van der Waals surface area contributed by atoms with Crippen molar-refractivity contribution in [1.82, 2.24) is 0 Å². The van der Waals surface area contributed by atoms with Gasteiger partial charge in [0.25, 0.3) is 0 Å². The first-order chi connectivity index (χ1) is 8.23. The number of sulfone groups is 1. The van der Waals surface area contributed by atoms with Gasteiger partial charge in [-0.25, -0.2) is 8.42 Å². The van der Waals surface area contributed by atoms with Crippen molar-refractivity contribution in [2.45, 2.75) is 44.8 Å². The minimum Gasteiger partial charge on any atom is -0.481 e. The van der Waals surface area contributed by atoms with Crippen molar-refractivity contribution >= 4 is 15.8 Å². The first kappa shape index (κ1) is 15.4. The number of carboxylic acid groups (broad SMARTS) is 1. The van der Waals surface area contributed by atoms with Gasteiger partial charge >= 0.3 is 5.97 Å². The van der Waals surface area contributed by atoms with Gasteiger partial charge in [-0.05, 0) is 32.6 Å². The monoisotopic (exact) mass is 277 g/mol. The average Bonchev–Trinajstić information content (AvgIpc) is 3.07. The maximum Gasteiger partial charge on any atom is 0.310 e. The molecule has 1 fully saturated rings. The van der Waals surface area contributed by atoms with Crippen LogP contribution in [-0.2, 0) is 14.6 Å². The standard InChI is InChI=1S/C12H23NO4S/c1-9(2)18(16,17)6-5-12(8-13,11(14)15)7-10-3-4-10/h9-10H,3-8,13H2,1-2H3,(H,14,15). The molecule has 0 amide bonds. The normalized spacial score (nSPS) is 19.8. The van der Waals surface area contributed by atoms with E-state index in [0.717, 1.165) is 12.8 Å². The molecule has 0 saturated heterocycles. The number of rotatable bonds is 8. The molecule has 0 aromatic heterocycles. The Labute approximate surface area is 109 Å². The zero-order chi connectivity index (χ0) is 14.0. The largest absolute Gasteiger partial charge is 0.481 e. The molecule has 0 heterocycles. The highest BCUT2D eigenvalue weighted by Gasteiger charge is 2.42. The zero-order valence-corrected chi connectivity index (χ0v) is 11.9. The number of hydrogen-bond donors (Lipinski definition) is 2. The smallest absolute Gasteiger partial charge is 0.310 e. The van der Waals surface area contributed by atoms with E-state index < -0.39 is 26.5 Å². The predicted octanol–water partition coefficient (Wildman–Crippen LogP) is 1.03. The number of carboxylic acids is 1. The first-order valence-corrected chi connectivity index (χ1v) is 8.10. The lowest BCUT2D eigenvalue weighted by molar-refractivity contribution is -0.149. The van der Waals surface area contributed by atoms with Crippen LogP contribution in [0.4, 0.5) is 0 Å². The Morgan fingerprint density at radius 3 is 2.33 bits per heavy atom. The molecule has 1 aliphatic rings. The quantitative estimate of drug-likeness (QED) is 0.690. The number of nitrogens with two attached hydrogens (primary N) is 1. The highest BCUT2D eigenvalue weighted by Crippen LogP contribution is 2.42. The Balaban J connectivity index is 2.75. The molecule has 0 bridgehead atoms. The van der Waals surface area contributed by atoms with Gasteiger partial charge in [0.05, 0.1) is 16.4 Å². The third-order valence-electron chi connectivity index (χ3n) is 3.80. The lowest BCUT2D eigenvalue weighted by atomic mass is 9.80. The van der Waals surface area contributed by atoms with Crippen LogP contribution in [0.5, 0.6) is 0 Å². The van der Waals surface area contributed by atoms with E-state index in [9.17, 15) is 18.3 Å².